The molecule has 5 heterocycles. The molecule has 12 nitrogen and oxygen atoms in total. The van der Waals surface area contributed by atoms with Crippen LogP contribution in [0.4, 0.5) is 0 Å². The molecule has 0 unspecified atom stereocenters. The van der Waals surface area contributed by atoms with Crippen LogP contribution in [-0.2, 0) is 0 Å². The third-order valence-electron chi connectivity index (χ3n) is 22.8. The van der Waals surface area contributed by atoms with Crippen LogP contribution in [0.2, 0.25) is 0 Å². The van der Waals surface area contributed by atoms with Gasteiger partial charge in [0.2, 0.25) is 0 Å². The van der Waals surface area contributed by atoms with Gasteiger partial charge < -0.3 is 47.9 Å². The van der Waals surface area contributed by atoms with Gasteiger partial charge in [-0.25, -0.2) is 9.97 Å². The van der Waals surface area contributed by atoms with E-state index in [9.17, 15) is 0 Å². The SMILES string of the molecule is CCCCCCCCOc1cc2c(cc1OCCCCCCCC)-c1cc3[nH]c(cc4nc(cc5[nH]c(cc-2n1)c1cc(OCCCCCCCC)c(OCCCCCCCC)cc51)-c1cc(OCCCCCCCC)c(OCCCCCCCC)cc1-4)c1cc(OCCCCCCCC)c(OCCCCCCCC)cc31. The van der Waals surface area contributed by atoms with Crippen molar-refractivity contribution in [3.05, 3.63) is 72.8 Å². The number of rotatable bonds is 64. The zero-order valence-electron chi connectivity index (χ0n) is 71.7. The summed E-state index contributed by atoms with van der Waals surface area (Å²) in [6, 6.07) is 26.9. The van der Waals surface area contributed by atoms with Crippen LogP contribution < -0.4 is 37.9 Å². The predicted octanol–water partition coefficient (Wildman–Crippen LogP) is 31.2. The van der Waals surface area contributed by atoms with Crippen molar-refractivity contribution >= 4 is 43.6 Å². The molecule has 4 aromatic carbocycles. The lowest BCUT2D eigenvalue weighted by atomic mass is 10.0. The fraction of sp³-hybridized carbons (Fsp3) is 0.640. The minimum absolute atomic E-state index is 0.608. The summed E-state index contributed by atoms with van der Waals surface area (Å²) in [5.41, 5.74) is 10.9. The lowest BCUT2D eigenvalue weighted by Gasteiger charge is -2.15. The molecule has 8 bridgehead atoms. The van der Waals surface area contributed by atoms with E-state index in [1.165, 1.54) is 205 Å². The van der Waals surface area contributed by atoms with Gasteiger partial charge in [-0.15, -0.1) is 0 Å². The van der Waals surface area contributed by atoms with Crippen molar-refractivity contribution in [1.82, 2.24) is 19.9 Å². The van der Waals surface area contributed by atoms with E-state index in [0.717, 1.165) is 237 Å². The van der Waals surface area contributed by atoms with Gasteiger partial charge in [0.15, 0.2) is 46.0 Å². The molecule has 0 saturated carbocycles. The number of hydrogen-bond acceptors (Lipinski definition) is 10. The summed E-state index contributed by atoms with van der Waals surface area (Å²) in [6.07, 6.45) is 56.5. The summed E-state index contributed by atoms with van der Waals surface area (Å²) in [4.78, 5) is 19.8. The normalized spacial score (nSPS) is 11.8. The Labute approximate surface area is 677 Å². The van der Waals surface area contributed by atoms with E-state index in [1.54, 1.807) is 0 Å². The molecule has 0 amide bonds. The first kappa shape index (κ1) is 88.9. The van der Waals surface area contributed by atoms with Crippen molar-refractivity contribution < 1.29 is 37.9 Å². The van der Waals surface area contributed by atoms with Gasteiger partial charge in [0.1, 0.15) is 0 Å². The molecule has 9 rings (SSSR count). The van der Waals surface area contributed by atoms with Gasteiger partial charge in [-0.05, 0) is 124 Å². The number of fused-ring (bicyclic) bond motifs is 20. The van der Waals surface area contributed by atoms with Crippen LogP contribution in [0.5, 0.6) is 46.0 Å². The van der Waals surface area contributed by atoms with Crippen LogP contribution in [0.1, 0.15) is 364 Å². The number of hydrogen-bond donors (Lipinski definition) is 2. The highest BCUT2D eigenvalue weighted by atomic mass is 16.5. The molecule has 112 heavy (non-hydrogen) atoms. The van der Waals surface area contributed by atoms with E-state index in [2.05, 4.69) is 138 Å². The summed E-state index contributed by atoms with van der Waals surface area (Å²) in [5, 5.41) is 4.05. The standard InChI is InChI=1S/C100H150N4O8/c1-9-17-25-33-41-49-57-105-93-65-77-78(66-94(93)106-58-50-42-34-26-18-10-2)86-74-88-81-69-97(109-61-53-45-37-29-21-13-5)98(110-62-54-46-38-30-22-14-6)70-82(81)90(103-88)76-92-84-72-100(112-64-56-48-40-32-24-16-8)99(111-63-55-47-39-31-23-15-7)71-83(84)91(104-92)75-89-80-68-96(108-60-52-44-36-28-20-12-4)95(107-59-51-43-35-27-19-11-3)67-79(80)87(102-89)73-85(77)101-86/h65-76,101,104H,9-64H2,1-8H3. The van der Waals surface area contributed by atoms with Crippen LogP contribution in [-0.4, -0.2) is 72.8 Å². The van der Waals surface area contributed by atoms with Gasteiger partial charge in [-0.1, -0.05) is 312 Å². The molecule has 0 atom stereocenters. The van der Waals surface area contributed by atoms with Crippen LogP contribution in [0.25, 0.3) is 88.6 Å². The first-order valence-corrected chi connectivity index (χ1v) is 46.4. The van der Waals surface area contributed by atoms with E-state index in [4.69, 9.17) is 47.9 Å². The van der Waals surface area contributed by atoms with Crippen LogP contribution in [0, 0.1) is 0 Å². The first-order chi connectivity index (χ1) is 55.3. The minimum Gasteiger partial charge on any atom is -0.490 e. The molecule has 618 valence electrons. The number of nitrogens with zero attached hydrogens (tertiary/aromatic N) is 2. The molecule has 2 N–H and O–H groups in total. The molecule has 7 aromatic rings. The van der Waals surface area contributed by atoms with Crippen molar-refractivity contribution in [2.45, 2.75) is 364 Å². The summed E-state index contributed by atoms with van der Waals surface area (Å²) in [5.74, 6) is 6.09. The Balaban J connectivity index is 1.32. The second kappa shape index (κ2) is 52.4. The highest BCUT2D eigenvalue weighted by Crippen LogP contribution is 2.49. The van der Waals surface area contributed by atoms with Crippen molar-refractivity contribution in [2.75, 3.05) is 52.9 Å². The quantitative estimate of drug-likeness (QED) is 0.0355. The molecule has 2 aliphatic rings. The smallest absolute Gasteiger partial charge is 0.161 e. The molecule has 0 radical (unpaired) electrons. The zero-order chi connectivity index (χ0) is 78.4. The number of benzene rings is 4. The Hall–Kier alpha value is -7.08. The third kappa shape index (κ3) is 28.7. The fourth-order valence-corrected chi connectivity index (χ4v) is 15.9. The Morgan fingerprint density at radius 2 is 0.321 bits per heavy atom. The van der Waals surface area contributed by atoms with Crippen molar-refractivity contribution in [3.8, 4) is 91.0 Å². The summed E-state index contributed by atoms with van der Waals surface area (Å²) < 4.78 is 55.7. The highest BCUT2D eigenvalue weighted by molar-refractivity contribution is 6.12. The molecule has 0 saturated heterocycles. The molecule has 3 aromatic heterocycles. The van der Waals surface area contributed by atoms with Crippen molar-refractivity contribution in [1.29, 1.82) is 0 Å². The Bertz CT molecular complexity index is 3480. The number of H-pyrrole nitrogens is 2. The molecule has 12 heteroatoms. The molecule has 2 aliphatic heterocycles. The number of ether oxygens (including phenoxy) is 8. The Morgan fingerprint density at radius 3 is 0.482 bits per heavy atom. The Morgan fingerprint density at radius 1 is 0.179 bits per heavy atom. The predicted molar refractivity (Wildman–Crippen MR) is 476 cm³/mol. The largest absolute Gasteiger partial charge is 0.490 e. The number of unbranched alkanes of at least 4 members (excludes halogenated alkanes) is 40. The summed E-state index contributed by atoms with van der Waals surface area (Å²) in [6.45, 7) is 23.1. The average molecular weight is 1540 g/mol. The van der Waals surface area contributed by atoms with E-state index in [-0.39, 0.29) is 0 Å². The van der Waals surface area contributed by atoms with Gasteiger partial charge in [0, 0.05) is 65.9 Å². The number of nitrogens with one attached hydrogen (secondary N) is 2. The van der Waals surface area contributed by atoms with Crippen molar-refractivity contribution in [3.63, 3.8) is 0 Å². The molecule has 0 spiro atoms. The van der Waals surface area contributed by atoms with Gasteiger partial charge in [-0.2, -0.15) is 0 Å². The maximum Gasteiger partial charge on any atom is 0.161 e. The van der Waals surface area contributed by atoms with Gasteiger partial charge in [-0.3, -0.25) is 0 Å². The average Bonchev–Trinajstić information content (AvgIpc) is 1.58. The maximum absolute atomic E-state index is 6.97. The fourth-order valence-electron chi connectivity index (χ4n) is 15.9. The van der Waals surface area contributed by atoms with E-state index in [1.807, 2.05) is 0 Å². The monoisotopic (exact) mass is 1540 g/mol. The molecular formula is C100H150N4O8. The highest BCUT2D eigenvalue weighted by Gasteiger charge is 2.27. The van der Waals surface area contributed by atoms with Crippen LogP contribution in [0.3, 0.4) is 0 Å². The van der Waals surface area contributed by atoms with E-state index in [0.29, 0.717) is 52.9 Å². The maximum atomic E-state index is 6.97. The second-order valence-electron chi connectivity index (χ2n) is 32.6. The molecule has 0 fully saturated rings. The first-order valence-electron chi connectivity index (χ1n) is 46.4. The minimum atomic E-state index is 0.608. The van der Waals surface area contributed by atoms with Gasteiger partial charge in [0.25, 0.3) is 0 Å². The van der Waals surface area contributed by atoms with Crippen LogP contribution >= 0.6 is 0 Å². The topological polar surface area (TPSA) is 131 Å². The van der Waals surface area contributed by atoms with E-state index >= 15 is 0 Å². The van der Waals surface area contributed by atoms with Gasteiger partial charge >= 0.3 is 0 Å². The summed E-state index contributed by atoms with van der Waals surface area (Å²) >= 11 is 0. The van der Waals surface area contributed by atoms with E-state index < -0.39 is 0 Å². The summed E-state index contributed by atoms with van der Waals surface area (Å²) in [7, 11) is 0. The third-order valence-corrected chi connectivity index (χ3v) is 22.8. The molecule has 0 aliphatic carbocycles. The lowest BCUT2D eigenvalue weighted by Crippen LogP contribution is -2.03. The zero-order valence-corrected chi connectivity index (χ0v) is 71.7. The number of aromatic nitrogens is 4. The Kier molecular flexibility index (Phi) is 41.6. The van der Waals surface area contributed by atoms with Gasteiger partial charge in [0.05, 0.1) is 75.6 Å². The second-order valence-corrected chi connectivity index (χ2v) is 32.6. The lowest BCUT2D eigenvalue weighted by molar-refractivity contribution is 0.258. The number of aromatic amines is 2. The van der Waals surface area contributed by atoms with Crippen LogP contribution in [0.15, 0.2) is 72.8 Å². The van der Waals surface area contributed by atoms with Crippen molar-refractivity contribution in [2.24, 2.45) is 0 Å². The molecular weight excluding hydrogens is 1390 g/mol.